The van der Waals surface area contributed by atoms with E-state index in [-0.39, 0.29) is 34.0 Å². The first-order valence-corrected chi connectivity index (χ1v) is 12.2. The maximum atomic E-state index is 13.1. The monoisotopic (exact) mass is 509 g/mol. The SMILES string of the molecule is CC(C)CN(Cc1cccc(OS(=O)(=O)c2ccc(F)cc2)c1)C(=O)c1ccc(Cl)c(Cl)c1. The second kappa shape index (κ2) is 10.5. The maximum absolute atomic E-state index is 13.1. The number of hydrogen-bond acceptors (Lipinski definition) is 4. The summed E-state index contributed by atoms with van der Waals surface area (Å²) in [5.74, 6) is -0.501. The van der Waals surface area contributed by atoms with E-state index < -0.39 is 15.9 Å². The molecule has 5 nitrogen and oxygen atoms in total. The number of amides is 1. The van der Waals surface area contributed by atoms with Gasteiger partial charge in [0, 0.05) is 18.7 Å². The molecule has 0 saturated heterocycles. The van der Waals surface area contributed by atoms with Gasteiger partial charge in [-0.2, -0.15) is 8.42 Å². The van der Waals surface area contributed by atoms with Crippen LogP contribution in [-0.2, 0) is 16.7 Å². The number of carbonyl (C=O) groups is 1. The third-order valence-electron chi connectivity index (χ3n) is 4.62. The molecule has 0 spiro atoms. The number of benzene rings is 3. The second-order valence-corrected chi connectivity index (χ2v) is 10.2. The van der Waals surface area contributed by atoms with E-state index >= 15 is 0 Å². The predicted molar refractivity (Wildman–Crippen MR) is 127 cm³/mol. The molecule has 3 aromatic carbocycles. The van der Waals surface area contributed by atoms with E-state index in [1.807, 2.05) is 13.8 Å². The van der Waals surface area contributed by atoms with Crippen LogP contribution >= 0.6 is 23.2 Å². The molecular formula is C24H22Cl2FNO4S. The van der Waals surface area contributed by atoms with Gasteiger partial charge < -0.3 is 9.08 Å². The minimum Gasteiger partial charge on any atom is -0.379 e. The van der Waals surface area contributed by atoms with E-state index in [1.54, 1.807) is 35.2 Å². The molecule has 3 aromatic rings. The van der Waals surface area contributed by atoms with Gasteiger partial charge in [0.1, 0.15) is 16.5 Å². The Bertz CT molecular complexity index is 1250. The number of rotatable bonds is 8. The molecule has 0 heterocycles. The fraction of sp³-hybridized carbons (Fsp3) is 0.208. The highest BCUT2D eigenvalue weighted by Gasteiger charge is 2.20. The fourth-order valence-electron chi connectivity index (χ4n) is 3.16. The summed E-state index contributed by atoms with van der Waals surface area (Å²) in [7, 11) is -4.14. The third-order valence-corrected chi connectivity index (χ3v) is 6.62. The molecule has 0 N–H and O–H groups in total. The molecule has 33 heavy (non-hydrogen) atoms. The van der Waals surface area contributed by atoms with Crippen molar-refractivity contribution in [3.8, 4) is 5.75 Å². The van der Waals surface area contributed by atoms with E-state index in [2.05, 4.69) is 0 Å². The quantitative estimate of drug-likeness (QED) is 0.339. The molecule has 0 unspecified atom stereocenters. The van der Waals surface area contributed by atoms with Crippen LogP contribution in [0.15, 0.2) is 71.6 Å². The van der Waals surface area contributed by atoms with Gasteiger partial charge in [-0.15, -0.1) is 0 Å². The largest absolute Gasteiger partial charge is 0.379 e. The van der Waals surface area contributed by atoms with Gasteiger partial charge in [-0.05, 0) is 66.1 Å². The summed E-state index contributed by atoms with van der Waals surface area (Å²) in [5.41, 5.74) is 1.08. The summed E-state index contributed by atoms with van der Waals surface area (Å²) in [6.45, 7) is 4.68. The highest BCUT2D eigenvalue weighted by atomic mass is 35.5. The Labute approximate surface area is 202 Å². The van der Waals surface area contributed by atoms with Crippen LogP contribution in [0.5, 0.6) is 5.75 Å². The van der Waals surface area contributed by atoms with Gasteiger partial charge in [-0.25, -0.2) is 4.39 Å². The highest BCUT2D eigenvalue weighted by molar-refractivity contribution is 7.87. The first kappa shape index (κ1) is 25.0. The molecule has 0 aliphatic carbocycles. The van der Waals surface area contributed by atoms with Crippen LogP contribution in [-0.4, -0.2) is 25.8 Å². The summed E-state index contributed by atoms with van der Waals surface area (Å²) >= 11 is 12.0. The van der Waals surface area contributed by atoms with Gasteiger partial charge in [-0.1, -0.05) is 49.2 Å². The van der Waals surface area contributed by atoms with E-state index in [1.165, 1.54) is 12.1 Å². The van der Waals surface area contributed by atoms with Gasteiger partial charge in [0.05, 0.1) is 10.0 Å². The Morgan fingerprint density at radius 3 is 2.33 bits per heavy atom. The van der Waals surface area contributed by atoms with Crippen LogP contribution in [0.1, 0.15) is 29.8 Å². The third kappa shape index (κ3) is 6.69. The standard InChI is InChI=1S/C24H22Cl2FNO4S/c1-16(2)14-28(24(29)18-6-11-22(25)23(26)13-18)15-17-4-3-5-20(12-17)32-33(30,31)21-9-7-19(27)8-10-21/h3-13,16H,14-15H2,1-2H3. The molecule has 3 rings (SSSR count). The lowest BCUT2D eigenvalue weighted by molar-refractivity contribution is 0.0722. The molecule has 0 fully saturated rings. The van der Waals surface area contributed by atoms with Crippen LogP contribution in [0.2, 0.25) is 10.0 Å². The van der Waals surface area contributed by atoms with Crippen LogP contribution in [0.3, 0.4) is 0 Å². The Balaban J connectivity index is 1.82. The van der Waals surface area contributed by atoms with Crippen molar-refractivity contribution in [2.45, 2.75) is 25.3 Å². The second-order valence-electron chi connectivity index (χ2n) is 7.85. The molecule has 9 heteroatoms. The maximum Gasteiger partial charge on any atom is 0.339 e. The lowest BCUT2D eigenvalue weighted by Gasteiger charge is -2.25. The molecule has 0 saturated carbocycles. The summed E-state index contributed by atoms with van der Waals surface area (Å²) in [5, 5.41) is 0.643. The molecule has 0 radical (unpaired) electrons. The number of halogens is 3. The number of hydrogen-bond donors (Lipinski definition) is 0. The van der Waals surface area contributed by atoms with Crippen molar-refractivity contribution in [3.05, 3.63) is 93.7 Å². The topological polar surface area (TPSA) is 63.7 Å². The first-order chi connectivity index (χ1) is 15.5. The Morgan fingerprint density at radius 2 is 1.70 bits per heavy atom. The molecular weight excluding hydrogens is 488 g/mol. The van der Waals surface area contributed by atoms with Gasteiger partial charge in [0.25, 0.3) is 5.91 Å². The van der Waals surface area contributed by atoms with Gasteiger partial charge >= 0.3 is 10.1 Å². The van der Waals surface area contributed by atoms with E-state index in [9.17, 15) is 17.6 Å². The Hall–Kier alpha value is -2.61. The summed E-state index contributed by atoms with van der Waals surface area (Å²) < 4.78 is 43.4. The minimum atomic E-state index is -4.14. The van der Waals surface area contributed by atoms with Crippen molar-refractivity contribution >= 4 is 39.2 Å². The molecule has 174 valence electrons. The lowest BCUT2D eigenvalue weighted by atomic mass is 10.1. The Morgan fingerprint density at radius 1 is 1.00 bits per heavy atom. The highest BCUT2D eigenvalue weighted by Crippen LogP contribution is 2.25. The average molecular weight is 510 g/mol. The van der Waals surface area contributed by atoms with Gasteiger partial charge in [0.2, 0.25) is 0 Å². The summed E-state index contributed by atoms with van der Waals surface area (Å²) in [4.78, 5) is 14.6. The van der Waals surface area contributed by atoms with Gasteiger partial charge in [-0.3, -0.25) is 4.79 Å². The summed E-state index contributed by atoms with van der Waals surface area (Å²) in [6, 6.07) is 15.5. The lowest BCUT2D eigenvalue weighted by Crippen LogP contribution is -2.33. The number of carbonyl (C=O) groups excluding carboxylic acids is 1. The minimum absolute atomic E-state index is 0.0864. The van der Waals surface area contributed by atoms with Crippen LogP contribution in [0.25, 0.3) is 0 Å². The zero-order valence-corrected chi connectivity index (χ0v) is 20.3. The van der Waals surface area contributed by atoms with Crippen LogP contribution in [0, 0.1) is 11.7 Å². The normalized spacial score (nSPS) is 11.5. The molecule has 0 aliphatic rings. The summed E-state index contributed by atoms with van der Waals surface area (Å²) in [6.07, 6.45) is 0. The van der Waals surface area contributed by atoms with Crippen molar-refractivity contribution in [2.24, 2.45) is 5.92 Å². The predicted octanol–water partition coefficient (Wildman–Crippen LogP) is 6.20. The average Bonchev–Trinajstić information content (AvgIpc) is 2.74. The molecule has 0 aromatic heterocycles. The molecule has 0 bridgehead atoms. The van der Waals surface area contributed by atoms with Crippen molar-refractivity contribution in [1.29, 1.82) is 0 Å². The number of nitrogens with zero attached hydrogens (tertiary/aromatic N) is 1. The van der Waals surface area contributed by atoms with Crippen molar-refractivity contribution in [3.63, 3.8) is 0 Å². The zero-order chi connectivity index (χ0) is 24.2. The van der Waals surface area contributed by atoms with Gasteiger partial charge in [0.15, 0.2) is 0 Å². The smallest absolute Gasteiger partial charge is 0.339 e. The van der Waals surface area contributed by atoms with E-state index in [0.717, 1.165) is 24.3 Å². The zero-order valence-electron chi connectivity index (χ0n) is 18.0. The van der Waals surface area contributed by atoms with Crippen LogP contribution < -0.4 is 4.18 Å². The first-order valence-electron chi connectivity index (χ1n) is 10.1. The van der Waals surface area contributed by atoms with Crippen molar-refractivity contribution < 1.29 is 21.8 Å². The molecule has 0 aliphatic heterocycles. The molecule has 0 atom stereocenters. The Kier molecular flexibility index (Phi) is 8.00. The van der Waals surface area contributed by atoms with E-state index in [4.69, 9.17) is 27.4 Å². The fourth-order valence-corrected chi connectivity index (χ4v) is 4.38. The van der Waals surface area contributed by atoms with Crippen molar-refractivity contribution in [1.82, 2.24) is 4.90 Å². The van der Waals surface area contributed by atoms with E-state index in [0.29, 0.717) is 22.7 Å². The van der Waals surface area contributed by atoms with Crippen LogP contribution in [0.4, 0.5) is 4.39 Å². The van der Waals surface area contributed by atoms with Crippen molar-refractivity contribution in [2.75, 3.05) is 6.54 Å². The molecule has 1 amide bonds.